The minimum absolute atomic E-state index is 0.0498. The van der Waals surface area contributed by atoms with Crippen LogP contribution in [0.25, 0.3) is 0 Å². The first-order chi connectivity index (χ1) is 10.9. The average Bonchev–Trinajstić information content (AvgIpc) is 2.46. The van der Waals surface area contributed by atoms with Gasteiger partial charge in [0.25, 0.3) is 0 Å². The normalized spacial score (nSPS) is 20.4. The van der Waals surface area contributed by atoms with Gasteiger partial charge in [0.15, 0.2) is 0 Å². The van der Waals surface area contributed by atoms with E-state index in [9.17, 15) is 9.90 Å². The van der Waals surface area contributed by atoms with Crippen molar-refractivity contribution < 1.29 is 14.6 Å². The minimum Gasteiger partial charge on any atom is -0.491 e. The lowest BCUT2D eigenvalue weighted by Gasteiger charge is -2.38. The summed E-state index contributed by atoms with van der Waals surface area (Å²) in [5, 5.41) is 13.2. The van der Waals surface area contributed by atoms with Crippen molar-refractivity contribution in [2.75, 3.05) is 26.2 Å². The highest BCUT2D eigenvalue weighted by molar-refractivity contribution is 5.82. The molecule has 23 heavy (non-hydrogen) atoms. The van der Waals surface area contributed by atoms with Gasteiger partial charge in [0.05, 0.1) is 6.04 Å². The van der Waals surface area contributed by atoms with Crippen LogP contribution in [0.2, 0.25) is 0 Å². The Kier molecular flexibility index (Phi) is 6.02. The first kappa shape index (κ1) is 17.8. The van der Waals surface area contributed by atoms with Gasteiger partial charge in [-0.25, -0.2) is 0 Å². The van der Waals surface area contributed by atoms with Gasteiger partial charge in [-0.05, 0) is 31.4 Å². The lowest BCUT2D eigenvalue weighted by atomic mass is 9.99. The Hall–Kier alpha value is -1.59. The number of carbonyl (C=O) groups is 1. The van der Waals surface area contributed by atoms with Gasteiger partial charge in [0, 0.05) is 19.6 Å². The van der Waals surface area contributed by atoms with E-state index in [0.29, 0.717) is 13.1 Å². The molecule has 1 aromatic rings. The molecule has 2 atom stereocenters. The summed E-state index contributed by atoms with van der Waals surface area (Å²) in [6.07, 6.45) is -0.622. The van der Waals surface area contributed by atoms with E-state index >= 15 is 0 Å². The zero-order valence-electron chi connectivity index (χ0n) is 14.5. The topological polar surface area (TPSA) is 61.8 Å². The number of amides is 1. The number of hydrogen-bond donors (Lipinski definition) is 2. The van der Waals surface area contributed by atoms with E-state index in [1.165, 1.54) is 5.56 Å². The lowest BCUT2D eigenvalue weighted by Crippen LogP contribution is -2.59. The molecule has 1 fully saturated rings. The Labute approximate surface area is 138 Å². The number of rotatable bonds is 6. The van der Waals surface area contributed by atoms with Crippen molar-refractivity contribution in [3.05, 3.63) is 29.3 Å². The summed E-state index contributed by atoms with van der Waals surface area (Å²) in [6, 6.07) is 5.81. The average molecular weight is 320 g/mol. The van der Waals surface area contributed by atoms with Crippen molar-refractivity contribution in [2.24, 2.45) is 5.92 Å². The number of nitrogens with one attached hydrogen (secondary N) is 1. The first-order valence-corrected chi connectivity index (χ1v) is 8.28. The summed E-state index contributed by atoms with van der Waals surface area (Å²) < 4.78 is 5.74. The molecule has 0 aliphatic carbocycles. The number of aliphatic hydroxyl groups is 1. The van der Waals surface area contributed by atoms with Crippen molar-refractivity contribution in [2.45, 2.75) is 39.8 Å². The monoisotopic (exact) mass is 320 g/mol. The fourth-order valence-corrected chi connectivity index (χ4v) is 3.13. The Morgan fingerprint density at radius 3 is 2.78 bits per heavy atom. The van der Waals surface area contributed by atoms with Gasteiger partial charge in [-0.15, -0.1) is 0 Å². The number of hydrogen-bond acceptors (Lipinski definition) is 4. The van der Waals surface area contributed by atoms with Crippen LogP contribution >= 0.6 is 0 Å². The third kappa shape index (κ3) is 4.69. The standard InChI is InChI=1S/C18H28N2O3/c1-12(2)17-18(22)19-7-8-20(17)10-15(21)11-23-16-6-5-13(3)9-14(16)4/h5-6,9,12,15,17,21H,7-8,10-11H2,1-4H3,(H,19,22). The molecule has 1 heterocycles. The van der Waals surface area contributed by atoms with Crippen LogP contribution in [0.5, 0.6) is 5.75 Å². The number of ether oxygens (including phenoxy) is 1. The number of aliphatic hydroxyl groups excluding tert-OH is 1. The largest absolute Gasteiger partial charge is 0.491 e. The quantitative estimate of drug-likeness (QED) is 0.834. The van der Waals surface area contributed by atoms with Gasteiger partial charge < -0.3 is 15.2 Å². The van der Waals surface area contributed by atoms with E-state index in [4.69, 9.17) is 4.74 Å². The molecule has 2 N–H and O–H groups in total. The van der Waals surface area contributed by atoms with E-state index in [2.05, 4.69) is 16.3 Å². The maximum atomic E-state index is 12.0. The summed E-state index contributed by atoms with van der Waals surface area (Å²) in [5.74, 6) is 1.06. The predicted molar refractivity (Wildman–Crippen MR) is 90.6 cm³/mol. The van der Waals surface area contributed by atoms with Crippen LogP contribution < -0.4 is 10.1 Å². The van der Waals surface area contributed by atoms with Crippen LogP contribution in [0, 0.1) is 19.8 Å². The lowest BCUT2D eigenvalue weighted by molar-refractivity contribution is -0.131. The number of carbonyl (C=O) groups excluding carboxylic acids is 1. The molecule has 1 saturated heterocycles. The molecule has 128 valence electrons. The summed E-state index contributed by atoms with van der Waals surface area (Å²) in [4.78, 5) is 14.1. The summed E-state index contributed by atoms with van der Waals surface area (Å²) in [6.45, 7) is 10.2. The highest BCUT2D eigenvalue weighted by atomic mass is 16.5. The zero-order chi connectivity index (χ0) is 17.0. The molecule has 0 saturated carbocycles. The molecule has 5 nitrogen and oxygen atoms in total. The van der Waals surface area contributed by atoms with Crippen molar-refractivity contribution in [1.29, 1.82) is 0 Å². The Bertz CT molecular complexity index is 545. The summed E-state index contributed by atoms with van der Waals surface area (Å²) >= 11 is 0. The van der Waals surface area contributed by atoms with Crippen LogP contribution in [-0.2, 0) is 4.79 Å². The maximum Gasteiger partial charge on any atom is 0.237 e. The Balaban J connectivity index is 1.90. The van der Waals surface area contributed by atoms with Gasteiger partial charge in [0.1, 0.15) is 18.5 Å². The number of β-amino-alcohol motifs (C(OH)–C–C–N with tert-alkyl or cyclic N) is 1. The summed E-state index contributed by atoms with van der Waals surface area (Å²) in [5.41, 5.74) is 2.25. The molecule has 1 amide bonds. The number of benzene rings is 1. The van der Waals surface area contributed by atoms with E-state index in [1.807, 2.05) is 39.8 Å². The van der Waals surface area contributed by atoms with Gasteiger partial charge in [-0.3, -0.25) is 9.69 Å². The molecule has 2 rings (SSSR count). The second-order valence-corrected chi connectivity index (χ2v) is 6.71. The van der Waals surface area contributed by atoms with E-state index < -0.39 is 6.10 Å². The predicted octanol–water partition coefficient (Wildman–Crippen LogP) is 1.50. The molecule has 0 radical (unpaired) electrons. The van der Waals surface area contributed by atoms with Crippen molar-refractivity contribution >= 4 is 5.91 Å². The molecule has 1 aliphatic rings. The highest BCUT2D eigenvalue weighted by Crippen LogP contribution is 2.19. The van der Waals surface area contributed by atoms with Gasteiger partial charge >= 0.3 is 0 Å². The van der Waals surface area contributed by atoms with E-state index in [-0.39, 0.29) is 24.5 Å². The Morgan fingerprint density at radius 1 is 1.39 bits per heavy atom. The van der Waals surface area contributed by atoms with Gasteiger partial charge in [-0.2, -0.15) is 0 Å². The molecule has 0 aromatic heterocycles. The molecular formula is C18H28N2O3. The van der Waals surface area contributed by atoms with Crippen LogP contribution in [-0.4, -0.2) is 54.3 Å². The second-order valence-electron chi connectivity index (χ2n) is 6.71. The van der Waals surface area contributed by atoms with Crippen LogP contribution in [0.1, 0.15) is 25.0 Å². The van der Waals surface area contributed by atoms with Gasteiger partial charge in [0.2, 0.25) is 5.91 Å². The molecule has 5 heteroatoms. The van der Waals surface area contributed by atoms with Crippen molar-refractivity contribution in [3.63, 3.8) is 0 Å². The smallest absolute Gasteiger partial charge is 0.237 e. The molecule has 2 unspecified atom stereocenters. The first-order valence-electron chi connectivity index (χ1n) is 8.28. The van der Waals surface area contributed by atoms with Crippen molar-refractivity contribution in [3.8, 4) is 5.75 Å². The SMILES string of the molecule is Cc1ccc(OCC(O)CN2CCNC(=O)C2C(C)C)c(C)c1. The van der Waals surface area contributed by atoms with Crippen LogP contribution in [0.3, 0.4) is 0 Å². The van der Waals surface area contributed by atoms with Crippen LogP contribution in [0.15, 0.2) is 18.2 Å². The molecule has 0 spiro atoms. The van der Waals surface area contributed by atoms with Crippen molar-refractivity contribution in [1.82, 2.24) is 10.2 Å². The van der Waals surface area contributed by atoms with Crippen LogP contribution in [0.4, 0.5) is 0 Å². The third-order valence-corrected chi connectivity index (χ3v) is 4.20. The minimum atomic E-state index is -0.622. The van der Waals surface area contributed by atoms with E-state index in [1.54, 1.807) is 0 Å². The molecule has 1 aliphatic heterocycles. The molecular weight excluding hydrogens is 292 g/mol. The fourth-order valence-electron chi connectivity index (χ4n) is 3.13. The number of piperazine rings is 1. The second kappa shape index (κ2) is 7.79. The Morgan fingerprint density at radius 2 is 2.13 bits per heavy atom. The molecule has 1 aromatic carbocycles. The van der Waals surface area contributed by atoms with Gasteiger partial charge in [-0.1, -0.05) is 31.5 Å². The maximum absolute atomic E-state index is 12.0. The third-order valence-electron chi connectivity index (χ3n) is 4.20. The highest BCUT2D eigenvalue weighted by Gasteiger charge is 2.33. The summed E-state index contributed by atoms with van der Waals surface area (Å²) in [7, 11) is 0. The molecule has 0 bridgehead atoms. The fraction of sp³-hybridized carbons (Fsp3) is 0.611. The van der Waals surface area contributed by atoms with E-state index in [0.717, 1.165) is 17.9 Å². The number of nitrogens with zero attached hydrogens (tertiary/aromatic N) is 1. The zero-order valence-corrected chi connectivity index (χ0v) is 14.5. The number of aryl methyl sites for hydroxylation is 2.